The Morgan fingerprint density at radius 1 is 1.11 bits per heavy atom. The second kappa shape index (κ2) is 10.5. The molecule has 0 spiro atoms. The molecular weight excluding hydrogens is 475 g/mol. The molecule has 0 atom stereocenters. The highest BCUT2D eigenvalue weighted by Gasteiger charge is 2.10. The first-order valence-corrected chi connectivity index (χ1v) is 10.2. The number of anilines is 1. The second-order valence-corrected chi connectivity index (χ2v) is 8.02. The Morgan fingerprint density at radius 3 is 2.33 bits per heavy atom. The summed E-state index contributed by atoms with van der Waals surface area (Å²) in [5.41, 5.74) is 3.84. The molecule has 27 heavy (non-hydrogen) atoms. The van der Waals surface area contributed by atoms with Crippen LogP contribution in [0.25, 0.3) is 0 Å². The molecule has 0 saturated carbocycles. The van der Waals surface area contributed by atoms with Crippen molar-refractivity contribution in [2.75, 3.05) is 25.1 Å². The highest BCUT2D eigenvalue weighted by Crippen LogP contribution is 2.16. The van der Waals surface area contributed by atoms with Gasteiger partial charge in [0.2, 0.25) is 10.0 Å². The molecular formula is C19H27IN4O2S. The van der Waals surface area contributed by atoms with Crippen LogP contribution >= 0.6 is 24.0 Å². The van der Waals surface area contributed by atoms with Crippen LogP contribution in [-0.4, -0.2) is 39.6 Å². The third-order valence-electron chi connectivity index (χ3n) is 3.86. The summed E-state index contributed by atoms with van der Waals surface area (Å²) in [6.07, 6.45) is 1.14. The van der Waals surface area contributed by atoms with Crippen LogP contribution in [0, 0.1) is 6.92 Å². The molecule has 0 fully saturated rings. The van der Waals surface area contributed by atoms with E-state index >= 15 is 0 Å². The lowest BCUT2D eigenvalue weighted by Gasteiger charge is -2.23. The van der Waals surface area contributed by atoms with Crippen molar-refractivity contribution in [1.82, 2.24) is 10.2 Å². The molecule has 0 heterocycles. The van der Waals surface area contributed by atoms with E-state index in [0.717, 1.165) is 24.3 Å². The topological polar surface area (TPSA) is 73.8 Å². The second-order valence-electron chi connectivity index (χ2n) is 6.27. The Balaban J connectivity index is 0.00000364. The molecule has 0 aliphatic heterocycles. The van der Waals surface area contributed by atoms with Gasteiger partial charge in [-0.2, -0.15) is 0 Å². The number of rotatable bonds is 6. The first-order valence-electron chi connectivity index (χ1n) is 8.31. The van der Waals surface area contributed by atoms with Crippen molar-refractivity contribution in [3.63, 3.8) is 0 Å². The number of sulfonamides is 1. The summed E-state index contributed by atoms with van der Waals surface area (Å²) in [5.74, 6) is 0.736. The molecule has 0 amide bonds. The normalized spacial score (nSPS) is 11.5. The van der Waals surface area contributed by atoms with Gasteiger partial charge in [0.25, 0.3) is 0 Å². The Labute approximate surface area is 179 Å². The number of aryl methyl sites for hydroxylation is 1. The summed E-state index contributed by atoms with van der Waals surface area (Å²) in [6.45, 7) is 3.25. The van der Waals surface area contributed by atoms with Gasteiger partial charge < -0.3 is 10.2 Å². The van der Waals surface area contributed by atoms with Crippen LogP contribution in [0.4, 0.5) is 5.69 Å². The molecule has 0 saturated heterocycles. The summed E-state index contributed by atoms with van der Waals surface area (Å²) in [6, 6.07) is 15.7. The van der Waals surface area contributed by atoms with Crippen molar-refractivity contribution in [2.45, 2.75) is 20.0 Å². The van der Waals surface area contributed by atoms with Crippen LogP contribution in [0.3, 0.4) is 0 Å². The maximum absolute atomic E-state index is 11.5. The van der Waals surface area contributed by atoms with Gasteiger partial charge >= 0.3 is 0 Å². The molecule has 0 unspecified atom stereocenters. The van der Waals surface area contributed by atoms with Crippen molar-refractivity contribution in [1.29, 1.82) is 0 Å². The van der Waals surface area contributed by atoms with E-state index in [-0.39, 0.29) is 24.0 Å². The molecule has 148 valence electrons. The van der Waals surface area contributed by atoms with E-state index in [4.69, 9.17) is 0 Å². The van der Waals surface area contributed by atoms with Gasteiger partial charge in [0.05, 0.1) is 11.9 Å². The lowest BCUT2D eigenvalue weighted by Crippen LogP contribution is -2.38. The third kappa shape index (κ3) is 7.76. The summed E-state index contributed by atoms with van der Waals surface area (Å²) >= 11 is 0. The standard InChI is InChI=1S/C19H26N4O2S.HI/c1-15-9-11-16(12-10-15)14-23(3)19(20-2)21-13-17-7-5-6-8-18(17)22-26(4,24)25;/h5-12,22H,13-14H2,1-4H3,(H,20,21);1H. The van der Waals surface area contributed by atoms with Crippen molar-refractivity contribution < 1.29 is 8.42 Å². The largest absolute Gasteiger partial charge is 0.352 e. The van der Waals surface area contributed by atoms with Gasteiger partial charge in [-0.1, -0.05) is 48.0 Å². The smallest absolute Gasteiger partial charge is 0.229 e. The van der Waals surface area contributed by atoms with Crippen LogP contribution < -0.4 is 10.0 Å². The van der Waals surface area contributed by atoms with E-state index < -0.39 is 10.0 Å². The maximum Gasteiger partial charge on any atom is 0.229 e. The molecule has 6 nitrogen and oxygen atoms in total. The predicted octanol–water partition coefficient (Wildman–Crippen LogP) is 3.19. The third-order valence-corrected chi connectivity index (χ3v) is 4.45. The molecule has 0 bridgehead atoms. The lowest BCUT2D eigenvalue weighted by molar-refractivity contribution is 0.476. The first kappa shape index (κ1) is 23.2. The number of hydrogen-bond donors (Lipinski definition) is 2. The highest BCUT2D eigenvalue weighted by molar-refractivity contribution is 14.0. The zero-order valence-electron chi connectivity index (χ0n) is 16.1. The molecule has 2 aromatic rings. The van der Waals surface area contributed by atoms with Crippen LogP contribution in [0.1, 0.15) is 16.7 Å². The maximum atomic E-state index is 11.5. The van der Waals surface area contributed by atoms with Gasteiger partial charge in [-0.15, -0.1) is 24.0 Å². The molecule has 0 radical (unpaired) electrons. The van der Waals surface area contributed by atoms with E-state index in [2.05, 4.69) is 46.2 Å². The summed E-state index contributed by atoms with van der Waals surface area (Å²) in [4.78, 5) is 6.34. The number of guanidine groups is 1. The number of benzene rings is 2. The monoisotopic (exact) mass is 502 g/mol. The summed E-state index contributed by atoms with van der Waals surface area (Å²) in [5, 5.41) is 3.28. The van der Waals surface area contributed by atoms with E-state index in [9.17, 15) is 8.42 Å². The number of halogens is 1. The van der Waals surface area contributed by atoms with Crippen LogP contribution in [0.2, 0.25) is 0 Å². The van der Waals surface area contributed by atoms with Gasteiger partial charge in [0.1, 0.15) is 0 Å². The average Bonchev–Trinajstić information content (AvgIpc) is 2.57. The number of hydrogen-bond acceptors (Lipinski definition) is 3. The minimum Gasteiger partial charge on any atom is -0.352 e. The van der Waals surface area contributed by atoms with E-state index in [1.807, 2.05) is 24.1 Å². The number of para-hydroxylation sites is 1. The quantitative estimate of drug-likeness (QED) is 0.362. The molecule has 0 aromatic heterocycles. The number of nitrogens with one attached hydrogen (secondary N) is 2. The van der Waals surface area contributed by atoms with Crippen LogP contribution in [0.5, 0.6) is 0 Å². The minimum atomic E-state index is -3.32. The van der Waals surface area contributed by atoms with Crippen molar-refractivity contribution in [3.8, 4) is 0 Å². The zero-order valence-corrected chi connectivity index (χ0v) is 19.2. The Kier molecular flexibility index (Phi) is 9.04. The van der Waals surface area contributed by atoms with Crippen molar-refractivity contribution in [2.24, 2.45) is 4.99 Å². The zero-order chi connectivity index (χ0) is 19.2. The van der Waals surface area contributed by atoms with E-state index in [1.54, 1.807) is 19.2 Å². The molecule has 8 heteroatoms. The number of nitrogens with zero attached hydrogens (tertiary/aromatic N) is 2. The Hall–Kier alpha value is -1.81. The van der Waals surface area contributed by atoms with Gasteiger partial charge in [0, 0.05) is 27.2 Å². The van der Waals surface area contributed by atoms with E-state index in [0.29, 0.717) is 12.2 Å². The van der Waals surface area contributed by atoms with Gasteiger partial charge in [-0.05, 0) is 24.1 Å². The first-order chi connectivity index (χ1) is 12.3. The van der Waals surface area contributed by atoms with Gasteiger partial charge in [0.15, 0.2) is 5.96 Å². The average molecular weight is 502 g/mol. The van der Waals surface area contributed by atoms with Crippen molar-refractivity contribution >= 4 is 45.6 Å². The summed E-state index contributed by atoms with van der Waals surface area (Å²) in [7, 11) is 0.376. The predicted molar refractivity (Wildman–Crippen MR) is 123 cm³/mol. The fourth-order valence-electron chi connectivity index (χ4n) is 2.58. The van der Waals surface area contributed by atoms with Gasteiger partial charge in [-0.3, -0.25) is 9.71 Å². The Bertz CT molecular complexity index is 868. The molecule has 2 aromatic carbocycles. The van der Waals surface area contributed by atoms with Crippen molar-refractivity contribution in [3.05, 3.63) is 65.2 Å². The summed E-state index contributed by atoms with van der Waals surface area (Å²) < 4.78 is 25.6. The Morgan fingerprint density at radius 2 is 1.74 bits per heavy atom. The van der Waals surface area contributed by atoms with E-state index in [1.165, 1.54) is 11.1 Å². The SMILES string of the molecule is CN=C(NCc1ccccc1NS(C)(=O)=O)N(C)Cc1ccc(C)cc1.I. The van der Waals surface area contributed by atoms with Crippen LogP contribution in [0.15, 0.2) is 53.5 Å². The van der Waals surface area contributed by atoms with Gasteiger partial charge in [-0.25, -0.2) is 8.42 Å². The lowest BCUT2D eigenvalue weighted by atomic mass is 10.1. The van der Waals surface area contributed by atoms with Crippen LogP contribution in [-0.2, 0) is 23.1 Å². The molecule has 0 aliphatic carbocycles. The fraction of sp³-hybridized carbons (Fsp3) is 0.316. The molecule has 0 aliphatic rings. The minimum absolute atomic E-state index is 0. The molecule has 2 N–H and O–H groups in total. The highest BCUT2D eigenvalue weighted by atomic mass is 127. The molecule has 2 rings (SSSR count). The fourth-order valence-corrected chi connectivity index (χ4v) is 3.17. The number of aliphatic imine (C=N–C) groups is 1.